The minimum absolute atomic E-state index is 0.0222. The normalized spacial score (nSPS) is 12.0. The van der Waals surface area contributed by atoms with E-state index < -0.39 is 5.91 Å². The van der Waals surface area contributed by atoms with Gasteiger partial charge >= 0.3 is 11.8 Å². The quantitative estimate of drug-likeness (QED) is 0.711. The Labute approximate surface area is 152 Å². The number of hydrogen-bond donors (Lipinski definition) is 1. The lowest BCUT2D eigenvalue weighted by molar-refractivity contribution is 0.0907. The van der Waals surface area contributed by atoms with Crippen LogP contribution in [0.4, 0.5) is 4.39 Å². The van der Waals surface area contributed by atoms with Crippen LogP contribution in [0.15, 0.2) is 47.0 Å². The van der Waals surface area contributed by atoms with E-state index in [9.17, 15) is 9.18 Å². The Kier molecular flexibility index (Phi) is 4.56. The molecule has 0 saturated heterocycles. The highest BCUT2D eigenvalue weighted by molar-refractivity contribution is 5.89. The fraction of sp³-hybridized carbons (Fsp3) is 0.167. The molecule has 1 amide bonds. The largest absolute Gasteiger partial charge is 0.485 e. The molecule has 1 N–H and O–H groups in total. The minimum atomic E-state index is -0.527. The van der Waals surface area contributed by atoms with Gasteiger partial charge in [-0.25, -0.2) is 4.39 Å². The first-order valence-corrected chi connectivity index (χ1v) is 8.05. The number of carbonyl (C=O) groups excluding carboxylic acids is 1. The lowest BCUT2D eigenvalue weighted by Crippen LogP contribution is -2.23. The van der Waals surface area contributed by atoms with Crippen molar-refractivity contribution in [3.63, 3.8) is 0 Å². The van der Waals surface area contributed by atoms with Gasteiger partial charge in [-0.1, -0.05) is 17.3 Å². The fourth-order valence-corrected chi connectivity index (χ4v) is 2.38. The van der Waals surface area contributed by atoms with Crippen molar-refractivity contribution in [3.8, 4) is 17.2 Å². The molecule has 0 unspecified atom stereocenters. The Morgan fingerprint density at radius 2 is 1.96 bits per heavy atom. The molecule has 0 aliphatic carbocycles. The first-order valence-electron chi connectivity index (χ1n) is 8.05. The van der Waals surface area contributed by atoms with Gasteiger partial charge in [-0.3, -0.25) is 4.79 Å². The predicted molar refractivity (Wildman–Crippen MR) is 88.8 cm³/mol. The van der Waals surface area contributed by atoms with Gasteiger partial charge in [0.05, 0.1) is 0 Å². The van der Waals surface area contributed by atoms with Crippen molar-refractivity contribution in [1.29, 1.82) is 0 Å². The highest BCUT2D eigenvalue weighted by Crippen LogP contribution is 2.35. The molecule has 27 heavy (non-hydrogen) atoms. The summed E-state index contributed by atoms with van der Waals surface area (Å²) in [6, 6.07) is 11.0. The predicted octanol–water partition coefficient (Wildman–Crippen LogP) is 2.45. The molecule has 0 atom stereocenters. The Morgan fingerprint density at radius 1 is 1.15 bits per heavy atom. The fourth-order valence-electron chi connectivity index (χ4n) is 2.38. The molecule has 1 aromatic heterocycles. The van der Waals surface area contributed by atoms with Crippen LogP contribution in [0.2, 0.25) is 0 Å². The van der Waals surface area contributed by atoms with Crippen LogP contribution in [0.3, 0.4) is 0 Å². The van der Waals surface area contributed by atoms with Gasteiger partial charge in [-0.05, 0) is 29.8 Å². The third kappa shape index (κ3) is 3.97. The van der Waals surface area contributed by atoms with E-state index in [1.54, 1.807) is 30.3 Å². The van der Waals surface area contributed by atoms with Crippen molar-refractivity contribution >= 4 is 5.91 Å². The first-order chi connectivity index (χ1) is 13.2. The molecular weight excluding hydrogens is 357 g/mol. The van der Waals surface area contributed by atoms with Crippen LogP contribution in [0, 0.1) is 5.82 Å². The summed E-state index contributed by atoms with van der Waals surface area (Å²) >= 11 is 0. The lowest BCUT2D eigenvalue weighted by atomic mass is 10.2. The third-order valence-corrected chi connectivity index (χ3v) is 3.74. The summed E-state index contributed by atoms with van der Waals surface area (Å²) in [5.74, 6) is 0.978. The molecule has 0 bridgehead atoms. The number of hydrogen-bond acceptors (Lipinski definition) is 7. The number of nitrogens with zero attached hydrogens (tertiary/aromatic N) is 2. The second kappa shape index (κ2) is 7.32. The van der Waals surface area contributed by atoms with Crippen LogP contribution in [0.1, 0.15) is 22.1 Å². The van der Waals surface area contributed by atoms with Gasteiger partial charge in [-0.15, -0.1) is 0 Å². The zero-order valence-corrected chi connectivity index (χ0v) is 14.0. The summed E-state index contributed by atoms with van der Waals surface area (Å²) in [6.45, 7) is 0.416. The van der Waals surface area contributed by atoms with Crippen LogP contribution in [0.5, 0.6) is 17.2 Å². The molecule has 9 heteroatoms. The van der Waals surface area contributed by atoms with Crippen LogP contribution in [-0.2, 0) is 13.2 Å². The van der Waals surface area contributed by atoms with Crippen LogP contribution < -0.4 is 19.5 Å². The topological polar surface area (TPSA) is 95.7 Å². The van der Waals surface area contributed by atoms with E-state index in [-0.39, 0.29) is 37.5 Å². The summed E-state index contributed by atoms with van der Waals surface area (Å²) in [7, 11) is 0. The van der Waals surface area contributed by atoms with E-state index in [0.717, 1.165) is 5.56 Å². The van der Waals surface area contributed by atoms with Gasteiger partial charge in [0.15, 0.2) is 18.1 Å². The maximum atomic E-state index is 12.9. The van der Waals surface area contributed by atoms with Gasteiger partial charge in [0.1, 0.15) is 11.6 Å². The lowest BCUT2D eigenvalue weighted by Gasteiger charge is -2.04. The van der Waals surface area contributed by atoms with Crippen molar-refractivity contribution in [3.05, 3.63) is 65.6 Å². The minimum Gasteiger partial charge on any atom is -0.485 e. The summed E-state index contributed by atoms with van der Waals surface area (Å²) in [5.41, 5.74) is 0.746. The number of aromatic nitrogens is 2. The number of rotatable bonds is 6. The Hall–Kier alpha value is -3.62. The maximum absolute atomic E-state index is 12.9. The molecule has 138 valence electrons. The monoisotopic (exact) mass is 371 g/mol. The first kappa shape index (κ1) is 16.8. The smallest absolute Gasteiger partial charge is 0.316 e. The number of amides is 1. The number of fused-ring (bicyclic) bond motifs is 1. The van der Waals surface area contributed by atoms with E-state index in [1.165, 1.54) is 12.1 Å². The van der Waals surface area contributed by atoms with Crippen LogP contribution >= 0.6 is 0 Å². The Balaban J connectivity index is 1.31. The van der Waals surface area contributed by atoms with Gasteiger partial charge in [0, 0.05) is 12.6 Å². The van der Waals surface area contributed by atoms with Crippen molar-refractivity contribution < 1.29 is 27.9 Å². The molecule has 1 aliphatic rings. The molecule has 0 radical (unpaired) electrons. The standard InChI is InChI=1S/C18H14FN3O5/c19-12-3-1-11(2-4-12)8-20-17(23)18-21-16(22-27-18)9-24-13-5-6-14-15(7-13)26-10-25-14/h1-7H,8-10H2,(H,20,23). The zero-order chi connectivity index (χ0) is 18.6. The second-order valence-corrected chi connectivity index (χ2v) is 5.63. The van der Waals surface area contributed by atoms with E-state index in [4.69, 9.17) is 18.7 Å². The van der Waals surface area contributed by atoms with Crippen molar-refractivity contribution in [1.82, 2.24) is 15.5 Å². The van der Waals surface area contributed by atoms with E-state index >= 15 is 0 Å². The maximum Gasteiger partial charge on any atom is 0.316 e. The SMILES string of the molecule is O=C(NCc1ccc(F)cc1)c1nc(COc2ccc3c(c2)OCO3)no1. The molecule has 0 fully saturated rings. The summed E-state index contributed by atoms with van der Waals surface area (Å²) < 4.78 is 33.9. The zero-order valence-electron chi connectivity index (χ0n) is 14.0. The summed E-state index contributed by atoms with van der Waals surface area (Å²) in [6.07, 6.45) is 0. The van der Waals surface area contributed by atoms with E-state index in [1.807, 2.05) is 0 Å². The molecule has 2 aromatic carbocycles. The van der Waals surface area contributed by atoms with Crippen LogP contribution in [0.25, 0.3) is 0 Å². The number of halogens is 1. The van der Waals surface area contributed by atoms with Gasteiger partial charge in [0.25, 0.3) is 0 Å². The molecule has 1 aliphatic heterocycles. The Bertz CT molecular complexity index is 958. The number of carbonyl (C=O) groups is 1. The molecule has 0 spiro atoms. The molecule has 8 nitrogen and oxygen atoms in total. The Morgan fingerprint density at radius 3 is 2.81 bits per heavy atom. The summed E-state index contributed by atoms with van der Waals surface area (Å²) in [4.78, 5) is 16.0. The third-order valence-electron chi connectivity index (χ3n) is 3.74. The number of nitrogens with one attached hydrogen (secondary N) is 1. The molecule has 2 heterocycles. The number of benzene rings is 2. The van der Waals surface area contributed by atoms with Gasteiger partial charge in [0.2, 0.25) is 12.6 Å². The molecule has 0 saturated carbocycles. The van der Waals surface area contributed by atoms with Gasteiger partial charge in [-0.2, -0.15) is 4.98 Å². The second-order valence-electron chi connectivity index (χ2n) is 5.63. The van der Waals surface area contributed by atoms with Crippen molar-refractivity contribution in [2.45, 2.75) is 13.2 Å². The van der Waals surface area contributed by atoms with E-state index in [0.29, 0.717) is 17.2 Å². The average molecular weight is 371 g/mol. The highest BCUT2D eigenvalue weighted by atomic mass is 19.1. The summed E-state index contributed by atoms with van der Waals surface area (Å²) in [5, 5.41) is 6.34. The van der Waals surface area contributed by atoms with Gasteiger partial charge < -0.3 is 24.1 Å². The number of ether oxygens (including phenoxy) is 3. The molecule has 4 rings (SSSR count). The van der Waals surface area contributed by atoms with Crippen molar-refractivity contribution in [2.75, 3.05) is 6.79 Å². The average Bonchev–Trinajstić information content (AvgIpc) is 3.34. The molecular formula is C18H14FN3O5. The molecule has 3 aromatic rings. The highest BCUT2D eigenvalue weighted by Gasteiger charge is 2.17. The van der Waals surface area contributed by atoms with Crippen molar-refractivity contribution in [2.24, 2.45) is 0 Å². The van der Waals surface area contributed by atoms with Crippen LogP contribution in [-0.4, -0.2) is 22.8 Å². The van der Waals surface area contributed by atoms with E-state index in [2.05, 4.69) is 15.5 Å².